The number of benzene rings is 1. The van der Waals surface area contributed by atoms with Crippen LogP contribution < -0.4 is 27.4 Å². The summed E-state index contributed by atoms with van der Waals surface area (Å²) in [6.45, 7) is 3.20. The van der Waals surface area contributed by atoms with Crippen LogP contribution in [0.3, 0.4) is 0 Å². The fourth-order valence-corrected chi connectivity index (χ4v) is 3.19. The Labute approximate surface area is 208 Å². The molecule has 0 radical (unpaired) electrons. The number of aliphatic carboxylic acids is 2. The van der Waals surface area contributed by atoms with Crippen LogP contribution in [0.4, 0.5) is 0 Å². The number of carbonyl (C=O) groups is 6. The van der Waals surface area contributed by atoms with Crippen molar-refractivity contribution in [2.24, 2.45) is 17.4 Å². The van der Waals surface area contributed by atoms with Crippen LogP contribution in [0.5, 0.6) is 0 Å². The average molecular weight is 508 g/mol. The van der Waals surface area contributed by atoms with Crippen molar-refractivity contribution >= 4 is 35.6 Å². The van der Waals surface area contributed by atoms with Gasteiger partial charge >= 0.3 is 11.9 Å². The molecule has 1 aromatic rings. The second-order valence-corrected chi connectivity index (χ2v) is 8.59. The molecule has 0 spiro atoms. The van der Waals surface area contributed by atoms with Crippen LogP contribution in [0.2, 0.25) is 0 Å². The van der Waals surface area contributed by atoms with Gasteiger partial charge in [0.1, 0.15) is 18.1 Å². The van der Waals surface area contributed by atoms with Crippen LogP contribution in [-0.2, 0) is 35.2 Å². The van der Waals surface area contributed by atoms with Gasteiger partial charge in [0, 0.05) is 12.8 Å². The summed E-state index contributed by atoms with van der Waals surface area (Å²) < 4.78 is 0. The van der Waals surface area contributed by atoms with Gasteiger partial charge in [0.15, 0.2) is 0 Å². The summed E-state index contributed by atoms with van der Waals surface area (Å²) in [5, 5.41) is 25.7. The van der Waals surface area contributed by atoms with Gasteiger partial charge in [0.05, 0.1) is 12.5 Å². The molecule has 1 aromatic carbocycles. The number of hydrogen-bond donors (Lipinski definition) is 7. The Bertz CT molecular complexity index is 953. The molecular weight excluding hydrogens is 474 g/mol. The minimum absolute atomic E-state index is 0.00155. The van der Waals surface area contributed by atoms with Gasteiger partial charge in [-0.15, -0.1) is 0 Å². The van der Waals surface area contributed by atoms with E-state index in [0.717, 1.165) is 0 Å². The lowest BCUT2D eigenvalue weighted by Crippen LogP contribution is -2.59. The Kier molecular flexibility index (Phi) is 12.0. The molecule has 4 atom stereocenters. The van der Waals surface area contributed by atoms with Gasteiger partial charge in [-0.25, -0.2) is 4.79 Å². The Balaban J connectivity index is 2.94. The number of carboxylic acid groups (broad SMARTS) is 2. The average Bonchev–Trinajstić information content (AvgIpc) is 2.79. The predicted octanol–water partition coefficient (Wildman–Crippen LogP) is -1.51. The van der Waals surface area contributed by atoms with Crippen molar-refractivity contribution in [1.29, 1.82) is 0 Å². The molecule has 0 saturated heterocycles. The number of carbonyl (C=O) groups excluding carboxylic acids is 4. The molecule has 1 rings (SSSR count). The van der Waals surface area contributed by atoms with Crippen LogP contribution in [0, 0.1) is 5.92 Å². The first-order valence-corrected chi connectivity index (χ1v) is 11.2. The van der Waals surface area contributed by atoms with Gasteiger partial charge in [0.25, 0.3) is 0 Å². The van der Waals surface area contributed by atoms with Crippen molar-refractivity contribution < 1.29 is 39.0 Å². The highest BCUT2D eigenvalue weighted by atomic mass is 16.4. The maximum atomic E-state index is 12.9. The number of carboxylic acids is 2. The Morgan fingerprint density at radius 2 is 1.44 bits per heavy atom. The first-order chi connectivity index (χ1) is 16.8. The van der Waals surface area contributed by atoms with E-state index in [2.05, 4.69) is 16.0 Å². The minimum Gasteiger partial charge on any atom is -0.481 e. The minimum atomic E-state index is -1.58. The van der Waals surface area contributed by atoms with Crippen molar-refractivity contribution in [2.45, 2.75) is 63.7 Å². The Hall–Kier alpha value is -4.00. The van der Waals surface area contributed by atoms with Gasteiger partial charge in [-0.1, -0.05) is 44.2 Å². The number of nitrogens with two attached hydrogens (primary N) is 2. The number of rotatable bonds is 15. The number of hydrogen-bond acceptors (Lipinski definition) is 7. The quantitative estimate of drug-likeness (QED) is 0.146. The first kappa shape index (κ1) is 30.0. The summed E-state index contributed by atoms with van der Waals surface area (Å²) in [5.41, 5.74) is 11.4. The fourth-order valence-electron chi connectivity index (χ4n) is 3.19. The predicted molar refractivity (Wildman–Crippen MR) is 127 cm³/mol. The van der Waals surface area contributed by atoms with E-state index in [9.17, 15) is 33.9 Å². The smallest absolute Gasteiger partial charge is 0.326 e. The van der Waals surface area contributed by atoms with E-state index in [1.54, 1.807) is 44.2 Å². The molecular formula is C23H33N5O8. The third kappa shape index (κ3) is 10.5. The van der Waals surface area contributed by atoms with Crippen LogP contribution in [0.1, 0.15) is 38.7 Å². The van der Waals surface area contributed by atoms with E-state index in [1.165, 1.54) is 0 Å². The lowest BCUT2D eigenvalue weighted by atomic mass is 10.0. The van der Waals surface area contributed by atoms with E-state index < -0.39 is 72.1 Å². The van der Waals surface area contributed by atoms with Gasteiger partial charge < -0.3 is 37.6 Å². The van der Waals surface area contributed by atoms with Crippen molar-refractivity contribution in [3.63, 3.8) is 0 Å². The molecule has 13 nitrogen and oxygen atoms in total. The molecule has 198 valence electrons. The van der Waals surface area contributed by atoms with E-state index in [4.69, 9.17) is 16.6 Å². The molecule has 4 unspecified atom stereocenters. The molecule has 0 heterocycles. The molecule has 9 N–H and O–H groups in total. The highest BCUT2D eigenvalue weighted by molar-refractivity contribution is 5.95. The lowest BCUT2D eigenvalue weighted by Gasteiger charge is -2.26. The monoisotopic (exact) mass is 507 g/mol. The van der Waals surface area contributed by atoms with E-state index >= 15 is 0 Å². The van der Waals surface area contributed by atoms with Crippen molar-refractivity contribution in [2.75, 3.05) is 0 Å². The summed E-state index contributed by atoms with van der Waals surface area (Å²) in [7, 11) is 0. The third-order valence-corrected chi connectivity index (χ3v) is 5.19. The van der Waals surface area contributed by atoms with Crippen molar-refractivity contribution in [3.8, 4) is 0 Å². The molecule has 36 heavy (non-hydrogen) atoms. The summed E-state index contributed by atoms with van der Waals surface area (Å²) >= 11 is 0. The molecule has 0 aliphatic heterocycles. The standard InChI is InChI=1S/C23H33N5O8/c1-12(2)19(22(34)27-16(23(35)36)10-13-6-4-3-5-7-13)28-21(33)15(11-18(30)31)26-20(32)14(24)8-9-17(25)29/h3-7,12,14-16,19H,8-11,24H2,1-2H3,(H2,25,29)(H,26,32)(H,27,34)(H,28,33)(H,30,31)(H,35,36). The molecule has 0 aliphatic rings. The molecule has 0 aromatic heterocycles. The van der Waals surface area contributed by atoms with Crippen LogP contribution >= 0.6 is 0 Å². The van der Waals surface area contributed by atoms with E-state index in [-0.39, 0.29) is 19.3 Å². The van der Waals surface area contributed by atoms with E-state index in [0.29, 0.717) is 5.56 Å². The molecule has 0 saturated carbocycles. The number of primary amides is 1. The lowest BCUT2D eigenvalue weighted by molar-refractivity contribution is -0.143. The second-order valence-electron chi connectivity index (χ2n) is 8.59. The molecule has 4 amide bonds. The fraction of sp³-hybridized carbons (Fsp3) is 0.478. The van der Waals surface area contributed by atoms with Crippen LogP contribution in [0.25, 0.3) is 0 Å². The highest BCUT2D eigenvalue weighted by Gasteiger charge is 2.33. The first-order valence-electron chi connectivity index (χ1n) is 11.2. The summed E-state index contributed by atoms with van der Waals surface area (Å²) in [4.78, 5) is 71.9. The summed E-state index contributed by atoms with van der Waals surface area (Å²) in [5.74, 6) is -6.52. The zero-order valence-electron chi connectivity index (χ0n) is 20.1. The van der Waals surface area contributed by atoms with Gasteiger partial charge in [-0.3, -0.25) is 24.0 Å². The Morgan fingerprint density at radius 3 is 1.94 bits per heavy atom. The van der Waals surface area contributed by atoms with Crippen LogP contribution in [0.15, 0.2) is 30.3 Å². The van der Waals surface area contributed by atoms with Crippen molar-refractivity contribution in [3.05, 3.63) is 35.9 Å². The largest absolute Gasteiger partial charge is 0.481 e. The summed E-state index contributed by atoms with van der Waals surface area (Å²) in [6.07, 6.45) is -1.11. The topological polar surface area (TPSA) is 231 Å². The maximum absolute atomic E-state index is 12.9. The zero-order chi connectivity index (χ0) is 27.4. The van der Waals surface area contributed by atoms with Gasteiger partial charge in [-0.05, 0) is 17.9 Å². The van der Waals surface area contributed by atoms with Crippen molar-refractivity contribution in [1.82, 2.24) is 16.0 Å². The molecule has 0 fully saturated rings. The summed E-state index contributed by atoms with van der Waals surface area (Å²) in [6, 6.07) is 3.31. The Morgan fingerprint density at radius 1 is 0.861 bits per heavy atom. The highest BCUT2D eigenvalue weighted by Crippen LogP contribution is 2.08. The molecule has 13 heteroatoms. The van der Waals surface area contributed by atoms with Gasteiger partial charge in [-0.2, -0.15) is 0 Å². The zero-order valence-corrected chi connectivity index (χ0v) is 20.1. The second kappa shape index (κ2) is 14.4. The van der Waals surface area contributed by atoms with E-state index in [1.807, 2.05) is 0 Å². The van der Waals surface area contributed by atoms with Gasteiger partial charge in [0.2, 0.25) is 23.6 Å². The number of nitrogens with one attached hydrogen (secondary N) is 3. The SMILES string of the molecule is CC(C)C(NC(=O)C(CC(=O)O)NC(=O)C(N)CCC(N)=O)C(=O)NC(Cc1ccccc1)C(=O)O. The number of amides is 4. The normalized spacial score (nSPS) is 14.1. The third-order valence-electron chi connectivity index (χ3n) is 5.19. The molecule has 0 aliphatic carbocycles. The van der Waals surface area contributed by atoms with Crippen LogP contribution in [-0.4, -0.2) is 69.9 Å². The molecule has 0 bridgehead atoms. The maximum Gasteiger partial charge on any atom is 0.326 e.